The number of piperidine rings is 1. The summed E-state index contributed by atoms with van der Waals surface area (Å²) in [5.74, 6) is 0.0592. The van der Waals surface area contributed by atoms with Crippen molar-refractivity contribution in [1.29, 1.82) is 0 Å². The maximum absolute atomic E-state index is 14.2. The number of carbonyl (C=O) groups excluding carboxylic acids is 1. The average Bonchev–Trinajstić information content (AvgIpc) is 3.73. The van der Waals surface area contributed by atoms with E-state index in [1.54, 1.807) is 17.7 Å². The Bertz CT molecular complexity index is 1520. The minimum atomic E-state index is -0.182. The maximum Gasteiger partial charge on any atom is 0.250 e. The number of benzene rings is 2. The Balaban J connectivity index is 1.30. The quantitative estimate of drug-likeness (QED) is 0.370. The fraction of sp³-hybridized carbons (Fsp3) is 0.355. The zero-order valence-electron chi connectivity index (χ0n) is 21.6. The summed E-state index contributed by atoms with van der Waals surface area (Å²) >= 11 is 6.10. The van der Waals surface area contributed by atoms with E-state index in [2.05, 4.69) is 57.4 Å². The Morgan fingerprint density at radius 2 is 1.87 bits per heavy atom. The highest BCUT2D eigenvalue weighted by Crippen LogP contribution is 2.37. The molecule has 6 nitrogen and oxygen atoms in total. The number of aryl methyl sites for hydroxylation is 1. The van der Waals surface area contributed by atoms with Crippen molar-refractivity contribution in [2.24, 2.45) is 13.0 Å². The number of rotatable bonds is 7. The van der Waals surface area contributed by atoms with E-state index < -0.39 is 0 Å². The van der Waals surface area contributed by atoms with Gasteiger partial charge in [-0.1, -0.05) is 41.9 Å². The van der Waals surface area contributed by atoms with Gasteiger partial charge in [0.1, 0.15) is 0 Å². The first-order valence-electron chi connectivity index (χ1n) is 13.5. The number of halogens is 1. The van der Waals surface area contributed by atoms with E-state index in [0.29, 0.717) is 13.1 Å². The maximum atomic E-state index is 14.2. The van der Waals surface area contributed by atoms with Gasteiger partial charge in [-0.15, -0.1) is 0 Å². The van der Waals surface area contributed by atoms with Crippen LogP contribution in [0.2, 0.25) is 5.02 Å². The van der Waals surface area contributed by atoms with Gasteiger partial charge in [0, 0.05) is 67.1 Å². The number of fused-ring (bicyclic) bond motifs is 1. The number of hydrogen-bond acceptors (Lipinski definition) is 3. The molecule has 2 fully saturated rings. The molecule has 3 heterocycles. The van der Waals surface area contributed by atoms with Crippen molar-refractivity contribution in [3.8, 4) is 0 Å². The van der Waals surface area contributed by atoms with Gasteiger partial charge in [-0.05, 0) is 72.7 Å². The van der Waals surface area contributed by atoms with Crippen LogP contribution in [0, 0.1) is 5.92 Å². The van der Waals surface area contributed by atoms with E-state index in [0.717, 1.165) is 48.5 Å². The number of carbonyl (C=O) groups is 1. The monoisotopic (exact) mass is 528 g/mol. The minimum Gasteiger partial charge on any atom is -0.343 e. The van der Waals surface area contributed by atoms with Crippen LogP contribution in [0.3, 0.4) is 0 Å². The summed E-state index contributed by atoms with van der Waals surface area (Å²) in [6.07, 6.45) is 6.97. The lowest BCUT2D eigenvalue weighted by molar-refractivity contribution is -0.138. The van der Waals surface area contributed by atoms with Crippen molar-refractivity contribution in [3.63, 3.8) is 0 Å². The Kier molecular flexibility index (Phi) is 6.85. The van der Waals surface area contributed by atoms with Gasteiger partial charge in [0.2, 0.25) is 5.91 Å². The Labute approximate surface area is 227 Å². The molecular weight excluding hydrogens is 496 g/mol. The molecule has 1 aliphatic heterocycles. The first kappa shape index (κ1) is 25.0. The Morgan fingerprint density at radius 1 is 1.08 bits per heavy atom. The number of nitrogens with zero attached hydrogens (tertiary/aromatic N) is 3. The van der Waals surface area contributed by atoms with Gasteiger partial charge < -0.3 is 19.4 Å². The van der Waals surface area contributed by atoms with Crippen LogP contribution in [0.5, 0.6) is 0 Å². The topological polar surface area (TPSA) is 59.3 Å². The summed E-state index contributed by atoms with van der Waals surface area (Å²) < 4.78 is 3.85. The van der Waals surface area contributed by atoms with Crippen LogP contribution in [0.15, 0.2) is 77.9 Å². The molecule has 38 heavy (non-hydrogen) atoms. The summed E-state index contributed by atoms with van der Waals surface area (Å²) in [5.41, 5.74) is 4.46. The summed E-state index contributed by atoms with van der Waals surface area (Å²) in [5, 5.41) is 5.36. The third-order valence-electron chi connectivity index (χ3n) is 8.10. The third-order valence-corrected chi connectivity index (χ3v) is 8.36. The van der Waals surface area contributed by atoms with Crippen LogP contribution in [0.1, 0.15) is 41.9 Å². The normalized spacial score (nSPS) is 19.5. The largest absolute Gasteiger partial charge is 0.343 e. The van der Waals surface area contributed by atoms with Crippen molar-refractivity contribution in [3.05, 3.63) is 105 Å². The van der Waals surface area contributed by atoms with Crippen LogP contribution in [0.4, 0.5) is 0 Å². The molecule has 1 unspecified atom stereocenters. The summed E-state index contributed by atoms with van der Waals surface area (Å²) in [6, 6.07) is 20.4. The molecular formula is C31H33ClN4O2. The molecule has 0 radical (unpaired) electrons. The van der Waals surface area contributed by atoms with E-state index in [9.17, 15) is 9.59 Å². The highest BCUT2D eigenvalue weighted by molar-refractivity contribution is 6.30. The second kappa shape index (κ2) is 10.4. The number of para-hydroxylation sites is 1. The molecule has 1 N–H and O–H groups in total. The fourth-order valence-corrected chi connectivity index (χ4v) is 5.97. The molecule has 1 saturated heterocycles. The smallest absolute Gasteiger partial charge is 0.250 e. The van der Waals surface area contributed by atoms with Crippen molar-refractivity contribution < 1.29 is 4.79 Å². The van der Waals surface area contributed by atoms with Crippen molar-refractivity contribution in [2.45, 2.75) is 44.3 Å². The molecule has 1 saturated carbocycles. The summed E-state index contributed by atoms with van der Waals surface area (Å²) in [7, 11) is 1.76. The Hall–Kier alpha value is -3.35. The first-order chi connectivity index (χ1) is 18.5. The van der Waals surface area contributed by atoms with Crippen LogP contribution < -0.4 is 10.9 Å². The van der Waals surface area contributed by atoms with Crippen molar-refractivity contribution >= 4 is 28.4 Å². The predicted octanol–water partition coefficient (Wildman–Crippen LogP) is 4.93. The van der Waals surface area contributed by atoms with E-state index in [-0.39, 0.29) is 29.3 Å². The number of nitrogens with one attached hydrogen (secondary N) is 1. The molecule has 0 bridgehead atoms. The van der Waals surface area contributed by atoms with E-state index in [1.807, 2.05) is 24.4 Å². The molecule has 2 aromatic heterocycles. The van der Waals surface area contributed by atoms with E-state index in [4.69, 9.17) is 11.6 Å². The number of pyridine rings is 1. The highest BCUT2D eigenvalue weighted by Gasteiger charge is 2.40. The first-order valence-corrected chi connectivity index (χ1v) is 13.8. The lowest BCUT2D eigenvalue weighted by Crippen LogP contribution is -2.47. The molecule has 1 aliphatic carbocycles. The standard InChI is InChI=1S/C31H33ClN4O2/c1-34-15-13-22(16-30(34)37)26-12-14-33-17-28(26)31(38)36(25-10-11-25)20-23-19-35(29-5-3-2-4-27(23)29)18-21-6-8-24(32)9-7-21/h2-9,13,15-16,19,25-26,28,33H,10-12,14,17-18,20H2,1H3/t26?,28-/m0/s1. The van der Waals surface area contributed by atoms with Crippen molar-refractivity contribution in [2.75, 3.05) is 13.1 Å². The summed E-state index contributed by atoms with van der Waals surface area (Å²) in [6.45, 7) is 2.83. The molecule has 196 valence electrons. The van der Waals surface area contributed by atoms with Gasteiger partial charge in [-0.3, -0.25) is 9.59 Å². The third kappa shape index (κ3) is 5.03. The minimum absolute atomic E-state index is 0.0280. The molecule has 4 aromatic rings. The van der Waals surface area contributed by atoms with Gasteiger partial charge in [0.25, 0.3) is 5.56 Å². The molecule has 7 heteroatoms. The van der Waals surface area contributed by atoms with Gasteiger partial charge in [-0.2, -0.15) is 0 Å². The van der Waals surface area contributed by atoms with Gasteiger partial charge >= 0.3 is 0 Å². The molecule has 2 aromatic carbocycles. The van der Waals surface area contributed by atoms with Crippen LogP contribution >= 0.6 is 11.6 Å². The van der Waals surface area contributed by atoms with Gasteiger partial charge in [0.05, 0.1) is 5.92 Å². The zero-order valence-corrected chi connectivity index (χ0v) is 22.4. The number of aromatic nitrogens is 2. The number of amides is 1. The second-order valence-electron chi connectivity index (χ2n) is 10.7. The molecule has 2 atom stereocenters. The lowest BCUT2D eigenvalue weighted by atomic mass is 9.80. The molecule has 6 rings (SSSR count). The average molecular weight is 529 g/mol. The van der Waals surface area contributed by atoms with Crippen LogP contribution in [-0.4, -0.2) is 39.1 Å². The van der Waals surface area contributed by atoms with Gasteiger partial charge in [0.15, 0.2) is 0 Å². The molecule has 2 aliphatic rings. The van der Waals surface area contributed by atoms with E-state index >= 15 is 0 Å². The second-order valence-corrected chi connectivity index (χ2v) is 11.2. The Morgan fingerprint density at radius 3 is 2.63 bits per heavy atom. The fourth-order valence-electron chi connectivity index (χ4n) is 5.85. The highest BCUT2D eigenvalue weighted by atomic mass is 35.5. The van der Waals surface area contributed by atoms with Crippen LogP contribution in [-0.2, 0) is 24.9 Å². The van der Waals surface area contributed by atoms with Crippen LogP contribution in [0.25, 0.3) is 10.9 Å². The summed E-state index contributed by atoms with van der Waals surface area (Å²) in [4.78, 5) is 28.6. The lowest BCUT2D eigenvalue weighted by Gasteiger charge is -2.35. The zero-order chi connectivity index (χ0) is 26.2. The van der Waals surface area contributed by atoms with E-state index in [1.165, 1.54) is 16.5 Å². The van der Waals surface area contributed by atoms with Gasteiger partial charge in [-0.25, -0.2) is 0 Å². The van der Waals surface area contributed by atoms with Crippen molar-refractivity contribution in [1.82, 2.24) is 19.4 Å². The SMILES string of the molecule is Cn1ccc(C2CCNC[C@@H]2C(=O)N(Cc2cn(Cc3ccc(Cl)cc3)c3ccccc23)C2CC2)cc1=O. The molecule has 0 spiro atoms. The number of hydrogen-bond donors (Lipinski definition) is 1. The predicted molar refractivity (Wildman–Crippen MR) is 151 cm³/mol. The molecule has 1 amide bonds.